The minimum atomic E-state index is -4.50. The van der Waals surface area contributed by atoms with Gasteiger partial charge in [0.15, 0.2) is 0 Å². The highest BCUT2D eigenvalue weighted by Crippen LogP contribution is 2.33. The number of hydrogen-bond donors (Lipinski definition) is 1. The van der Waals surface area contributed by atoms with Crippen LogP contribution in [0.2, 0.25) is 0 Å². The van der Waals surface area contributed by atoms with Crippen molar-refractivity contribution in [2.45, 2.75) is 18.2 Å². The Morgan fingerprint density at radius 2 is 1.83 bits per heavy atom. The predicted octanol–water partition coefficient (Wildman–Crippen LogP) is 1.67. The normalized spacial score (nSPS) is 18.3. The van der Waals surface area contributed by atoms with Crippen LogP contribution in [0.5, 0.6) is 0 Å². The Morgan fingerprint density at radius 1 is 1.28 bits per heavy atom. The van der Waals surface area contributed by atoms with Crippen LogP contribution >= 0.6 is 0 Å². The number of carbonyl (C=O) groups is 1. The first-order valence-electron chi connectivity index (χ1n) is 5.43. The standard InChI is InChI=1S/C12H12F3NO2/c13-12(14,15)6-10(17)16-7-11(18,8-16)9-4-2-1-3-5-9/h1-5,18H,6-8H2. The highest BCUT2D eigenvalue weighted by molar-refractivity contribution is 5.78. The van der Waals surface area contributed by atoms with E-state index in [9.17, 15) is 23.1 Å². The zero-order valence-electron chi connectivity index (χ0n) is 9.44. The molecule has 0 saturated carbocycles. The van der Waals surface area contributed by atoms with Gasteiger partial charge in [0.05, 0.1) is 13.1 Å². The van der Waals surface area contributed by atoms with Gasteiger partial charge in [0.25, 0.3) is 0 Å². The van der Waals surface area contributed by atoms with E-state index in [0.717, 1.165) is 4.90 Å². The maximum Gasteiger partial charge on any atom is 0.397 e. The Balaban J connectivity index is 1.96. The van der Waals surface area contributed by atoms with Gasteiger partial charge >= 0.3 is 6.18 Å². The summed E-state index contributed by atoms with van der Waals surface area (Å²) in [5.74, 6) is -0.997. The van der Waals surface area contributed by atoms with Crippen LogP contribution in [0.25, 0.3) is 0 Å². The topological polar surface area (TPSA) is 40.5 Å². The molecule has 1 aromatic carbocycles. The lowest BCUT2D eigenvalue weighted by atomic mass is 9.86. The number of amides is 1. The summed E-state index contributed by atoms with van der Waals surface area (Å²) < 4.78 is 36.1. The van der Waals surface area contributed by atoms with E-state index in [1.165, 1.54) is 0 Å². The molecule has 6 heteroatoms. The van der Waals surface area contributed by atoms with Crippen molar-refractivity contribution in [1.29, 1.82) is 0 Å². The lowest BCUT2D eigenvalue weighted by Crippen LogP contribution is -2.61. The summed E-state index contributed by atoms with van der Waals surface area (Å²) in [6.45, 7) is -0.183. The number of hydrogen-bond acceptors (Lipinski definition) is 2. The number of aliphatic hydroxyl groups is 1. The second kappa shape index (κ2) is 4.28. The van der Waals surface area contributed by atoms with Crippen molar-refractivity contribution < 1.29 is 23.1 Å². The third-order valence-electron chi connectivity index (χ3n) is 2.92. The van der Waals surface area contributed by atoms with Crippen LogP contribution in [0, 0.1) is 0 Å². The number of alkyl halides is 3. The van der Waals surface area contributed by atoms with Crippen molar-refractivity contribution in [1.82, 2.24) is 4.90 Å². The summed E-state index contributed by atoms with van der Waals surface area (Å²) in [5.41, 5.74) is -0.608. The first-order chi connectivity index (χ1) is 8.30. The first kappa shape index (κ1) is 12.9. The molecule has 0 bridgehead atoms. The molecule has 1 amide bonds. The highest BCUT2D eigenvalue weighted by Gasteiger charge is 2.46. The number of rotatable bonds is 2. The number of benzene rings is 1. The van der Waals surface area contributed by atoms with Gasteiger partial charge in [-0.25, -0.2) is 0 Å². The average molecular weight is 259 g/mol. The zero-order valence-corrected chi connectivity index (χ0v) is 9.44. The number of halogens is 3. The number of nitrogens with zero attached hydrogens (tertiary/aromatic N) is 1. The van der Waals surface area contributed by atoms with E-state index < -0.39 is 24.1 Å². The maximum atomic E-state index is 12.0. The van der Waals surface area contributed by atoms with E-state index in [2.05, 4.69) is 0 Å². The fraction of sp³-hybridized carbons (Fsp3) is 0.417. The summed E-state index contributed by atoms with van der Waals surface area (Å²) in [6.07, 6.45) is -5.98. The molecule has 1 aliphatic rings. The minimum absolute atomic E-state index is 0.0913. The molecule has 0 radical (unpaired) electrons. The molecule has 1 heterocycles. The fourth-order valence-electron chi connectivity index (χ4n) is 1.98. The van der Waals surface area contributed by atoms with Crippen LogP contribution in [0.4, 0.5) is 13.2 Å². The van der Waals surface area contributed by atoms with Gasteiger partial charge in [0.2, 0.25) is 5.91 Å². The third-order valence-corrected chi connectivity index (χ3v) is 2.92. The maximum absolute atomic E-state index is 12.0. The zero-order chi connectivity index (χ0) is 13.4. The minimum Gasteiger partial charge on any atom is -0.381 e. The molecular weight excluding hydrogens is 247 g/mol. The van der Waals surface area contributed by atoms with Crippen LogP contribution in [-0.4, -0.2) is 35.2 Å². The SMILES string of the molecule is O=C(CC(F)(F)F)N1CC(O)(c2ccccc2)C1. The van der Waals surface area contributed by atoms with Crippen molar-refractivity contribution >= 4 is 5.91 Å². The summed E-state index contributed by atoms with van der Waals surface area (Å²) in [5, 5.41) is 10.1. The van der Waals surface area contributed by atoms with Gasteiger partial charge in [0.1, 0.15) is 12.0 Å². The van der Waals surface area contributed by atoms with Crippen LogP contribution in [0.1, 0.15) is 12.0 Å². The van der Waals surface area contributed by atoms with Gasteiger partial charge in [-0.05, 0) is 5.56 Å². The van der Waals surface area contributed by atoms with E-state index >= 15 is 0 Å². The molecule has 1 saturated heterocycles. The quantitative estimate of drug-likeness (QED) is 0.877. The Hall–Kier alpha value is -1.56. The van der Waals surface area contributed by atoms with Crippen molar-refractivity contribution in [2.24, 2.45) is 0 Å². The molecule has 1 aliphatic heterocycles. The number of carbonyl (C=O) groups excluding carboxylic acids is 1. The predicted molar refractivity (Wildman–Crippen MR) is 57.6 cm³/mol. The molecule has 18 heavy (non-hydrogen) atoms. The fourth-order valence-corrected chi connectivity index (χ4v) is 1.98. The smallest absolute Gasteiger partial charge is 0.381 e. The van der Waals surface area contributed by atoms with Crippen LogP contribution < -0.4 is 0 Å². The summed E-state index contributed by atoms with van der Waals surface area (Å²) in [6, 6.07) is 8.61. The molecule has 0 spiro atoms. The largest absolute Gasteiger partial charge is 0.397 e. The second-order valence-corrected chi connectivity index (χ2v) is 4.44. The van der Waals surface area contributed by atoms with Gasteiger partial charge in [-0.1, -0.05) is 30.3 Å². The van der Waals surface area contributed by atoms with Gasteiger partial charge < -0.3 is 10.0 Å². The Bertz CT molecular complexity index is 438. The molecular formula is C12H12F3NO2. The van der Waals surface area contributed by atoms with E-state index in [-0.39, 0.29) is 13.1 Å². The van der Waals surface area contributed by atoms with Crippen LogP contribution in [-0.2, 0) is 10.4 Å². The molecule has 3 nitrogen and oxygen atoms in total. The molecule has 0 unspecified atom stereocenters. The molecule has 0 atom stereocenters. The van der Waals surface area contributed by atoms with Crippen molar-refractivity contribution in [2.75, 3.05) is 13.1 Å². The van der Waals surface area contributed by atoms with E-state index in [1.807, 2.05) is 0 Å². The Morgan fingerprint density at radius 3 is 2.33 bits per heavy atom. The molecule has 0 aliphatic carbocycles. The molecule has 98 valence electrons. The number of likely N-dealkylation sites (tertiary alicyclic amines) is 1. The summed E-state index contributed by atoms with van der Waals surface area (Å²) in [4.78, 5) is 12.3. The van der Waals surface area contributed by atoms with E-state index in [1.54, 1.807) is 30.3 Å². The third kappa shape index (κ3) is 2.64. The first-order valence-corrected chi connectivity index (χ1v) is 5.43. The summed E-state index contributed by atoms with van der Waals surface area (Å²) in [7, 11) is 0. The molecule has 1 aromatic rings. The van der Waals surface area contributed by atoms with E-state index in [4.69, 9.17) is 0 Å². The van der Waals surface area contributed by atoms with Crippen molar-refractivity contribution in [3.63, 3.8) is 0 Å². The molecule has 0 aromatic heterocycles. The number of β-amino-alcohol motifs (C(OH)–C–C–N with tert-alkyl or cyclic N) is 1. The molecule has 1 N–H and O–H groups in total. The van der Waals surface area contributed by atoms with Crippen molar-refractivity contribution in [3.05, 3.63) is 35.9 Å². The lowest BCUT2D eigenvalue weighted by Gasteiger charge is -2.46. The second-order valence-electron chi connectivity index (χ2n) is 4.44. The monoisotopic (exact) mass is 259 g/mol. The highest BCUT2D eigenvalue weighted by atomic mass is 19.4. The van der Waals surface area contributed by atoms with Gasteiger partial charge in [-0.15, -0.1) is 0 Å². The van der Waals surface area contributed by atoms with E-state index in [0.29, 0.717) is 5.56 Å². The van der Waals surface area contributed by atoms with Crippen LogP contribution in [0.15, 0.2) is 30.3 Å². The van der Waals surface area contributed by atoms with Gasteiger partial charge in [-0.3, -0.25) is 4.79 Å². The van der Waals surface area contributed by atoms with Gasteiger partial charge in [-0.2, -0.15) is 13.2 Å². The van der Waals surface area contributed by atoms with Gasteiger partial charge in [0, 0.05) is 0 Å². The Kier molecular flexibility index (Phi) is 3.06. The van der Waals surface area contributed by atoms with Crippen LogP contribution in [0.3, 0.4) is 0 Å². The average Bonchev–Trinajstić information content (AvgIpc) is 2.23. The molecule has 1 fully saturated rings. The summed E-state index contributed by atoms with van der Waals surface area (Å²) >= 11 is 0. The Labute approximate surface area is 102 Å². The molecule has 2 rings (SSSR count). The lowest BCUT2D eigenvalue weighted by molar-refractivity contribution is -0.178. The van der Waals surface area contributed by atoms with Crippen molar-refractivity contribution in [3.8, 4) is 0 Å².